The Morgan fingerprint density at radius 2 is 1.83 bits per heavy atom. The van der Waals surface area contributed by atoms with Crippen LogP contribution >= 0.6 is 0 Å². The van der Waals surface area contributed by atoms with Gasteiger partial charge in [0, 0.05) is 32.6 Å². The van der Waals surface area contributed by atoms with Gasteiger partial charge >= 0.3 is 0 Å². The van der Waals surface area contributed by atoms with Gasteiger partial charge in [-0.1, -0.05) is 43.2 Å². The number of piperidine rings is 1. The summed E-state index contributed by atoms with van der Waals surface area (Å²) in [5.74, 6) is 0.222. The third-order valence-electron chi connectivity index (χ3n) is 5.79. The van der Waals surface area contributed by atoms with Crippen LogP contribution < -0.4 is 5.32 Å². The van der Waals surface area contributed by atoms with Crippen molar-refractivity contribution in [1.82, 2.24) is 10.2 Å². The third kappa shape index (κ3) is 4.35. The van der Waals surface area contributed by atoms with Crippen molar-refractivity contribution < 1.29 is 4.79 Å². The number of carbonyl (C=O) groups excluding carboxylic acids is 1. The van der Waals surface area contributed by atoms with Gasteiger partial charge in [-0.15, -0.1) is 0 Å². The molecule has 1 amide bonds. The van der Waals surface area contributed by atoms with Gasteiger partial charge in [-0.25, -0.2) is 0 Å². The van der Waals surface area contributed by atoms with Gasteiger partial charge in [-0.05, 0) is 43.1 Å². The van der Waals surface area contributed by atoms with Crippen molar-refractivity contribution in [3.63, 3.8) is 0 Å². The van der Waals surface area contributed by atoms with Gasteiger partial charge < -0.3 is 10.2 Å². The third-order valence-corrected chi connectivity index (χ3v) is 5.79. The average Bonchev–Trinajstić information content (AvgIpc) is 3.03. The number of hydrogen-bond acceptors (Lipinski definition) is 2. The number of nitrogens with one attached hydrogen (secondary N) is 1. The van der Waals surface area contributed by atoms with Gasteiger partial charge in [0.05, 0.1) is 0 Å². The minimum atomic E-state index is 0.222. The monoisotopic (exact) mass is 314 g/mol. The van der Waals surface area contributed by atoms with Gasteiger partial charge in [0.2, 0.25) is 5.91 Å². The average molecular weight is 314 g/mol. The van der Waals surface area contributed by atoms with Gasteiger partial charge in [0.25, 0.3) is 0 Å². The Morgan fingerprint density at radius 1 is 1.17 bits per heavy atom. The van der Waals surface area contributed by atoms with E-state index in [1.54, 1.807) is 6.92 Å². The summed E-state index contributed by atoms with van der Waals surface area (Å²) in [6.07, 6.45) is 8.84. The number of nitrogens with zero attached hydrogens (tertiary/aromatic N) is 1. The molecule has 0 radical (unpaired) electrons. The molecular weight excluding hydrogens is 284 g/mol. The lowest BCUT2D eigenvalue weighted by Crippen LogP contribution is -2.47. The van der Waals surface area contributed by atoms with Crippen LogP contribution in [-0.2, 0) is 11.2 Å². The molecule has 0 aromatic heterocycles. The predicted molar refractivity (Wildman–Crippen MR) is 94.3 cm³/mol. The van der Waals surface area contributed by atoms with E-state index in [9.17, 15) is 4.79 Å². The molecule has 1 aliphatic heterocycles. The van der Waals surface area contributed by atoms with Crippen molar-refractivity contribution in [3.8, 4) is 0 Å². The largest absolute Gasteiger partial charge is 0.343 e. The first-order chi connectivity index (χ1) is 11.2. The molecule has 3 nitrogen and oxygen atoms in total. The van der Waals surface area contributed by atoms with E-state index < -0.39 is 0 Å². The second-order valence-corrected chi connectivity index (χ2v) is 7.53. The minimum Gasteiger partial charge on any atom is -0.343 e. The van der Waals surface area contributed by atoms with E-state index in [1.807, 2.05) is 4.90 Å². The number of carbonyl (C=O) groups is 1. The summed E-state index contributed by atoms with van der Waals surface area (Å²) < 4.78 is 0. The first-order valence-corrected chi connectivity index (χ1v) is 9.20. The highest BCUT2D eigenvalue weighted by molar-refractivity contribution is 5.73. The quantitative estimate of drug-likeness (QED) is 0.903. The molecule has 2 aliphatic rings. The Balaban J connectivity index is 1.53. The van der Waals surface area contributed by atoms with Crippen molar-refractivity contribution in [2.75, 3.05) is 19.6 Å². The summed E-state index contributed by atoms with van der Waals surface area (Å²) in [6, 6.07) is 11.5. The lowest BCUT2D eigenvalue weighted by Gasteiger charge is -2.36. The van der Waals surface area contributed by atoms with E-state index in [4.69, 9.17) is 0 Å². The molecule has 0 spiro atoms. The van der Waals surface area contributed by atoms with E-state index in [1.165, 1.54) is 37.7 Å². The van der Waals surface area contributed by atoms with Crippen molar-refractivity contribution in [2.24, 2.45) is 5.41 Å². The summed E-state index contributed by atoms with van der Waals surface area (Å²) in [7, 11) is 0. The fourth-order valence-corrected chi connectivity index (χ4v) is 4.33. The smallest absolute Gasteiger partial charge is 0.219 e. The Kier molecular flexibility index (Phi) is 5.37. The Labute approximate surface area is 140 Å². The lowest BCUT2D eigenvalue weighted by molar-refractivity contribution is -0.129. The zero-order chi connectivity index (χ0) is 16.1. The molecule has 1 aromatic rings. The summed E-state index contributed by atoms with van der Waals surface area (Å²) in [4.78, 5) is 13.4. The van der Waals surface area contributed by atoms with Crippen LogP contribution in [-0.4, -0.2) is 36.5 Å². The molecule has 3 heteroatoms. The minimum absolute atomic E-state index is 0.222. The highest BCUT2D eigenvalue weighted by Gasteiger charge is 2.34. The molecule has 1 aliphatic carbocycles. The molecule has 3 rings (SSSR count). The fraction of sp³-hybridized carbons (Fsp3) is 0.650. The van der Waals surface area contributed by atoms with Crippen molar-refractivity contribution in [1.29, 1.82) is 0 Å². The van der Waals surface area contributed by atoms with Crippen LogP contribution in [0.25, 0.3) is 0 Å². The van der Waals surface area contributed by atoms with Gasteiger partial charge in [-0.2, -0.15) is 0 Å². The summed E-state index contributed by atoms with van der Waals surface area (Å²) in [5.41, 5.74) is 1.92. The van der Waals surface area contributed by atoms with E-state index in [2.05, 4.69) is 35.6 Å². The molecule has 126 valence electrons. The number of amides is 1. The van der Waals surface area contributed by atoms with Crippen LogP contribution in [0.2, 0.25) is 0 Å². The van der Waals surface area contributed by atoms with Gasteiger partial charge in [0.1, 0.15) is 0 Å². The molecule has 0 unspecified atom stereocenters. The molecular formula is C20H30N2O. The number of likely N-dealkylation sites (tertiary alicyclic amines) is 1. The molecule has 2 fully saturated rings. The maximum atomic E-state index is 11.4. The molecule has 0 atom stereocenters. The molecule has 23 heavy (non-hydrogen) atoms. The number of benzene rings is 1. The van der Waals surface area contributed by atoms with Gasteiger partial charge in [0.15, 0.2) is 0 Å². The van der Waals surface area contributed by atoms with Crippen LogP contribution in [0, 0.1) is 5.41 Å². The zero-order valence-corrected chi connectivity index (χ0v) is 14.4. The van der Waals surface area contributed by atoms with E-state index in [0.717, 1.165) is 32.5 Å². The Hall–Kier alpha value is -1.35. The highest BCUT2D eigenvalue weighted by atomic mass is 16.2. The van der Waals surface area contributed by atoms with E-state index in [0.29, 0.717) is 11.5 Å². The topological polar surface area (TPSA) is 32.3 Å². The van der Waals surface area contributed by atoms with Crippen molar-refractivity contribution in [3.05, 3.63) is 35.9 Å². The molecule has 1 saturated carbocycles. The summed E-state index contributed by atoms with van der Waals surface area (Å²) in [6.45, 7) is 4.64. The summed E-state index contributed by atoms with van der Waals surface area (Å²) in [5, 5.41) is 3.85. The van der Waals surface area contributed by atoms with Gasteiger partial charge in [-0.3, -0.25) is 4.79 Å². The standard InChI is InChI=1S/C20H30N2O/c1-17(23)22-13-9-19(10-14-22)21-16-20(11-5-6-12-20)15-18-7-3-2-4-8-18/h2-4,7-8,19,21H,5-6,9-16H2,1H3. The molecule has 0 bridgehead atoms. The van der Waals surface area contributed by atoms with Crippen molar-refractivity contribution in [2.45, 2.75) is 57.9 Å². The van der Waals surface area contributed by atoms with Crippen LogP contribution in [0.3, 0.4) is 0 Å². The van der Waals surface area contributed by atoms with E-state index in [-0.39, 0.29) is 5.91 Å². The molecule has 1 aromatic carbocycles. The first-order valence-electron chi connectivity index (χ1n) is 9.20. The van der Waals surface area contributed by atoms with Crippen LogP contribution in [0.15, 0.2) is 30.3 Å². The lowest BCUT2D eigenvalue weighted by atomic mass is 9.79. The summed E-state index contributed by atoms with van der Waals surface area (Å²) >= 11 is 0. The van der Waals surface area contributed by atoms with Crippen molar-refractivity contribution >= 4 is 5.91 Å². The van der Waals surface area contributed by atoms with Crippen LogP contribution in [0.5, 0.6) is 0 Å². The molecule has 1 heterocycles. The first kappa shape index (κ1) is 16.5. The Bertz CT molecular complexity index is 500. The SMILES string of the molecule is CC(=O)N1CCC(NCC2(Cc3ccccc3)CCCC2)CC1. The van der Waals surface area contributed by atoms with Crippen LogP contribution in [0.4, 0.5) is 0 Å². The zero-order valence-electron chi connectivity index (χ0n) is 14.4. The normalized spacial score (nSPS) is 21.5. The van der Waals surface area contributed by atoms with E-state index >= 15 is 0 Å². The second-order valence-electron chi connectivity index (χ2n) is 7.53. The highest BCUT2D eigenvalue weighted by Crippen LogP contribution is 2.40. The maximum Gasteiger partial charge on any atom is 0.219 e. The predicted octanol–water partition coefficient (Wildman–Crippen LogP) is 3.39. The second kappa shape index (κ2) is 7.48. The number of hydrogen-bond donors (Lipinski definition) is 1. The maximum absolute atomic E-state index is 11.4. The van der Waals surface area contributed by atoms with Crippen LogP contribution in [0.1, 0.15) is 51.0 Å². The Morgan fingerprint density at radius 3 is 2.43 bits per heavy atom. The molecule has 1 saturated heterocycles. The fourth-order valence-electron chi connectivity index (χ4n) is 4.33. The molecule has 1 N–H and O–H groups in total. The number of rotatable bonds is 5.